The maximum absolute atomic E-state index is 12.5. The first kappa shape index (κ1) is 16.1. The molecule has 2 aromatic rings. The molecular formula is C18H23N5O2. The maximum Gasteiger partial charge on any atom is 0.277 e. The van der Waals surface area contributed by atoms with Gasteiger partial charge in [-0.2, -0.15) is 0 Å². The van der Waals surface area contributed by atoms with Crippen molar-refractivity contribution in [2.24, 2.45) is 5.92 Å². The lowest BCUT2D eigenvalue weighted by molar-refractivity contribution is 0.102. The molecule has 4 rings (SSSR count). The molecule has 0 radical (unpaired) electrons. The lowest BCUT2D eigenvalue weighted by Crippen LogP contribution is -2.29. The van der Waals surface area contributed by atoms with Crippen LogP contribution in [0.2, 0.25) is 0 Å². The van der Waals surface area contributed by atoms with E-state index in [1.165, 1.54) is 12.8 Å². The average molecular weight is 341 g/mol. The van der Waals surface area contributed by atoms with Gasteiger partial charge in [-0.3, -0.25) is 4.79 Å². The van der Waals surface area contributed by atoms with Crippen molar-refractivity contribution in [2.45, 2.75) is 31.7 Å². The standard InChI is InChI=1S/C18H23N5O2/c24-18(16-11-23(22-21-16)14-7-9-19-10-8-14)20-15-3-1-2-4-17(15)25-12-13-5-6-13/h1-4,11,13-14,19H,5-10,12H2,(H,20,24). The molecule has 2 aliphatic rings. The van der Waals surface area contributed by atoms with Gasteiger partial charge in [0.25, 0.3) is 5.91 Å². The van der Waals surface area contributed by atoms with Gasteiger partial charge in [-0.15, -0.1) is 5.10 Å². The number of hydrogen-bond acceptors (Lipinski definition) is 5. The van der Waals surface area contributed by atoms with Gasteiger partial charge in [-0.25, -0.2) is 4.68 Å². The minimum absolute atomic E-state index is 0.261. The van der Waals surface area contributed by atoms with Gasteiger partial charge in [0, 0.05) is 0 Å². The van der Waals surface area contributed by atoms with Crippen molar-refractivity contribution < 1.29 is 9.53 Å². The fourth-order valence-corrected chi connectivity index (χ4v) is 3.00. The highest BCUT2D eigenvalue weighted by atomic mass is 16.5. The van der Waals surface area contributed by atoms with Crippen LogP contribution in [0.15, 0.2) is 30.5 Å². The molecule has 0 unspecified atom stereocenters. The number of hydrogen-bond donors (Lipinski definition) is 2. The van der Waals surface area contributed by atoms with E-state index in [1.54, 1.807) is 6.20 Å². The number of ether oxygens (including phenoxy) is 1. The van der Waals surface area contributed by atoms with Crippen LogP contribution in [0.4, 0.5) is 5.69 Å². The van der Waals surface area contributed by atoms with Crippen molar-refractivity contribution in [3.8, 4) is 5.75 Å². The van der Waals surface area contributed by atoms with Gasteiger partial charge in [0.05, 0.1) is 24.5 Å². The smallest absolute Gasteiger partial charge is 0.277 e. The summed E-state index contributed by atoms with van der Waals surface area (Å²) in [6.07, 6.45) is 6.20. The molecule has 7 nitrogen and oxygen atoms in total. The normalized spacial score (nSPS) is 18.1. The van der Waals surface area contributed by atoms with Crippen molar-refractivity contribution in [2.75, 3.05) is 25.0 Å². The molecule has 0 atom stereocenters. The van der Waals surface area contributed by atoms with Crippen LogP contribution in [-0.4, -0.2) is 40.6 Å². The number of piperidine rings is 1. The molecule has 1 saturated heterocycles. The van der Waals surface area contributed by atoms with E-state index < -0.39 is 0 Å². The van der Waals surface area contributed by atoms with Gasteiger partial charge in [0.1, 0.15) is 5.75 Å². The molecular weight excluding hydrogens is 318 g/mol. The fourth-order valence-electron chi connectivity index (χ4n) is 3.00. The van der Waals surface area contributed by atoms with Crippen LogP contribution < -0.4 is 15.4 Å². The van der Waals surface area contributed by atoms with Crippen LogP contribution in [0.1, 0.15) is 42.2 Å². The maximum atomic E-state index is 12.5. The summed E-state index contributed by atoms with van der Waals surface area (Å²) in [5.74, 6) is 1.10. The third-order valence-corrected chi connectivity index (χ3v) is 4.73. The Hall–Kier alpha value is -2.41. The largest absolute Gasteiger partial charge is 0.491 e. The number of rotatable bonds is 6. The highest BCUT2D eigenvalue weighted by Crippen LogP contribution is 2.31. The second-order valence-corrected chi connectivity index (χ2v) is 6.77. The minimum Gasteiger partial charge on any atom is -0.491 e. The molecule has 0 bridgehead atoms. The SMILES string of the molecule is O=C(Nc1ccccc1OCC1CC1)c1cn(C2CCNCC2)nn1. The molecule has 1 saturated carbocycles. The fraction of sp³-hybridized carbons (Fsp3) is 0.500. The molecule has 2 fully saturated rings. The molecule has 1 aliphatic carbocycles. The summed E-state index contributed by atoms with van der Waals surface area (Å²) in [4.78, 5) is 12.5. The van der Waals surface area contributed by atoms with E-state index >= 15 is 0 Å². The Labute approximate surface area is 146 Å². The molecule has 132 valence electrons. The van der Waals surface area contributed by atoms with Crippen molar-refractivity contribution >= 4 is 11.6 Å². The van der Waals surface area contributed by atoms with Crippen LogP contribution in [0.3, 0.4) is 0 Å². The molecule has 1 aromatic heterocycles. The molecule has 1 aliphatic heterocycles. The number of aromatic nitrogens is 3. The van der Waals surface area contributed by atoms with E-state index in [1.807, 2.05) is 28.9 Å². The second kappa shape index (κ2) is 7.23. The Morgan fingerprint density at radius 3 is 2.84 bits per heavy atom. The van der Waals surface area contributed by atoms with E-state index in [-0.39, 0.29) is 5.91 Å². The Morgan fingerprint density at radius 1 is 1.24 bits per heavy atom. The van der Waals surface area contributed by atoms with E-state index in [9.17, 15) is 4.79 Å². The molecule has 7 heteroatoms. The molecule has 1 aromatic carbocycles. The first-order chi connectivity index (χ1) is 12.3. The lowest BCUT2D eigenvalue weighted by Gasteiger charge is -2.22. The number of amides is 1. The molecule has 0 spiro atoms. The number of benzene rings is 1. The van der Waals surface area contributed by atoms with Gasteiger partial charge in [0.15, 0.2) is 5.69 Å². The summed E-state index contributed by atoms with van der Waals surface area (Å²) >= 11 is 0. The average Bonchev–Trinajstić information content (AvgIpc) is 3.35. The molecule has 2 heterocycles. The zero-order valence-electron chi connectivity index (χ0n) is 14.1. The molecule has 1 amide bonds. The van der Waals surface area contributed by atoms with Gasteiger partial charge in [0.2, 0.25) is 0 Å². The first-order valence-electron chi connectivity index (χ1n) is 8.95. The number of carbonyl (C=O) groups is 1. The van der Waals surface area contributed by atoms with E-state index in [4.69, 9.17) is 4.74 Å². The highest BCUT2D eigenvalue weighted by molar-refractivity contribution is 6.03. The topological polar surface area (TPSA) is 81.1 Å². The van der Waals surface area contributed by atoms with Crippen molar-refractivity contribution in [1.82, 2.24) is 20.3 Å². The van der Waals surface area contributed by atoms with Gasteiger partial charge in [-0.05, 0) is 56.8 Å². The van der Waals surface area contributed by atoms with Crippen LogP contribution in [-0.2, 0) is 0 Å². The Balaban J connectivity index is 1.42. The zero-order chi connectivity index (χ0) is 17.1. The predicted octanol–water partition coefficient (Wildman–Crippen LogP) is 2.24. The summed E-state index contributed by atoms with van der Waals surface area (Å²) < 4.78 is 7.65. The zero-order valence-corrected chi connectivity index (χ0v) is 14.1. The summed E-state index contributed by atoms with van der Waals surface area (Å²) in [6, 6.07) is 7.82. The third-order valence-electron chi connectivity index (χ3n) is 4.73. The lowest BCUT2D eigenvalue weighted by atomic mass is 10.1. The van der Waals surface area contributed by atoms with Crippen molar-refractivity contribution in [3.63, 3.8) is 0 Å². The summed E-state index contributed by atoms with van der Waals surface area (Å²) in [7, 11) is 0. The van der Waals surface area contributed by atoms with Crippen LogP contribution in [0.5, 0.6) is 5.75 Å². The Bertz CT molecular complexity index is 735. The quantitative estimate of drug-likeness (QED) is 0.842. The van der Waals surface area contributed by atoms with Crippen LogP contribution in [0.25, 0.3) is 0 Å². The Kier molecular flexibility index (Phi) is 4.65. The van der Waals surface area contributed by atoms with E-state index in [2.05, 4.69) is 20.9 Å². The first-order valence-corrected chi connectivity index (χ1v) is 8.95. The Morgan fingerprint density at radius 2 is 2.04 bits per heavy atom. The predicted molar refractivity (Wildman–Crippen MR) is 93.8 cm³/mol. The number of carbonyl (C=O) groups excluding carboxylic acids is 1. The van der Waals surface area contributed by atoms with Crippen molar-refractivity contribution in [1.29, 1.82) is 0 Å². The summed E-state index contributed by atoms with van der Waals surface area (Å²) in [5, 5.41) is 14.4. The number of nitrogens with zero attached hydrogens (tertiary/aromatic N) is 3. The third kappa shape index (κ3) is 3.99. The monoisotopic (exact) mass is 341 g/mol. The van der Waals surface area contributed by atoms with E-state index in [0.717, 1.165) is 25.9 Å². The minimum atomic E-state index is -0.261. The number of nitrogens with one attached hydrogen (secondary N) is 2. The number of para-hydroxylation sites is 2. The van der Waals surface area contributed by atoms with Gasteiger partial charge < -0.3 is 15.4 Å². The highest BCUT2D eigenvalue weighted by Gasteiger charge is 2.23. The molecule has 2 N–H and O–H groups in total. The summed E-state index contributed by atoms with van der Waals surface area (Å²) in [6.45, 7) is 2.65. The van der Waals surface area contributed by atoms with E-state index in [0.29, 0.717) is 35.7 Å². The van der Waals surface area contributed by atoms with Crippen LogP contribution in [0, 0.1) is 5.92 Å². The summed E-state index contributed by atoms with van der Waals surface area (Å²) in [5.41, 5.74) is 1.00. The van der Waals surface area contributed by atoms with Crippen LogP contribution >= 0.6 is 0 Å². The van der Waals surface area contributed by atoms with Crippen molar-refractivity contribution in [3.05, 3.63) is 36.2 Å². The second-order valence-electron chi connectivity index (χ2n) is 6.77. The van der Waals surface area contributed by atoms with Gasteiger partial charge >= 0.3 is 0 Å². The molecule has 25 heavy (non-hydrogen) atoms. The number of anilines is 1. The van der Waals surface area contributed by atoms with Gasteiger partial charge in [-0.1, -0.05) is 17.3 Å².